The van der Waals surface area contributed by atoms with Gasteiger partial charge in [0.05, 0.1) is 12.6 Å². The van der Waals surface area contributed by atoms with Crippen molar-refractivity contribution < 1.29 is 9.59 Å². The Morgan fingerprint density at radius 1 is 1.25 bits per heavy atom. The summed E-state index contributed by atoms with van der Waals surface area (Å²) in [6.07, 6.45) is 1.60. The highest BCUT2D eigenvalue weighted by atomic mass is 35.5. The average Bonchev–Trinajstić information content (AvgIpc) is 3.25. The lowest BCUT2D eigenvalue weighted by molar-refractivity contribution is -0.130. The second-order valence-corrected chi connectivity index (χ2v) is 9.28. The number of nitriles is 1. The fourth-order valence-electron chi connectivity index (χ4n) is 4.78. The van der Waals surface area contributed by atoms with Crippen LogP contribution in [0.3, 0.4) is 0 Å². The molecule has 0 spiro atoms. The molecule has 32 heavy (non-hydrogen) atoms. The zero-order valence-corrected chi connectivity index (χ0v) is 19.2. The SMILES string of the molecule is CC1(C)c2ccc(Cl)cc2C(=O)N(CCNCC(=O)N2CCC[C@H]2C#N)c2ccccc21. The van der Waals surface area contributed by atoms with Crippen molar-refractivity contribution in [3.8, 4) is 6.07 Å². The fourth-order valence-corrected chi connectivity index (χ4v) is 4.96. The Morgan fingerprint density at radius 3 is 2.81 bits per heavy atom. The van der Waals surface area contributed by atoms with E-state index in [1.54, 1.807) is 15.9 Å². The third kappa shape index (κ3) is 3.99. The molecule has 2 heterocycles. The molecule has 0 aliphatic carbocycles. The van der Waals surface area contributed by atoms with Gasteiger partial charge < -0.3 is 15.1 Å². The van der Waals surface area contributed by atoms with Crippen molar-refractivity contribution in [2.75, 3.05) is 31.1 Å². The Morgan fingerprint density at radius 2 is 2.03 bits per heavy atom. The smallest absolute Gasteiger partial charge is 0.258 e. The first-order valence-corrected chi connectivity index (χ1v) is 11.3. The molecule has 2 aromatic rings. The second kappa shape index (κ2) is 8.93. The van der Waals surface area contributed by atoms with E-state index in [-0.39, 0.29) is 29.8 Å². The zero-order chi connectivity index (χ0) is 22.9. The van der Waals surface area contributed by atoms with E-state index in [2.05, 4.69) is 31.3 Å². The van der Waals surface area contributed by atoms with Gasteiger partial charge in [-0.05, 0) is 42.2 Å². The maximum Gasteiger partial charge on any atom is 0.258 e. The van der Waals surface area contributed by atoms with E-state index in [0.717, 1.165) is 29.7 Å². The Bertz CT molecular complexity index is 1090. The highest BCUT2D eigenvalue weighted by Crippen LogP contribution is 2.43. The van der Waals surface area contributed by atoms with Crippen LogP contribution in [0.15, 0.2) is 42.5 Å². The molecule has 0 radical (unpaired) electrons. The molecule has 2 aliphatic rings. The first kappa shape index (κ1) is 22.3. The van der Waals surface area contributed by atoms with Crippen molar-refractivity contribution in [3.63, 3.8) is 0 Å². The number of para-hydroxylation sites is 1. The number of fused-ring (bicyclic) bond motifs is 2. The van der Waals surface area contributed by atoms with Crippen molar-refractivity contribution >= 4 is 29.1 Å². The van der Waals surface area contributed by atoms with E-state index < -0.39 is 0 Å². The fraction of sp³-hybridized carbons (Fsp3) is 0.400. The Kier molecular flexibility index (Phi) is 6.23. The molecular weight excluding hydrogens is 424 g/mol. The van der Waals surface area contributed by atoms with Gasteiger partial charge in [0.1, 0.15) is 6.04 Å². The summed E-state index contributed by atoms with van der Waals surface area (Å²) in [7, 11) is 0. The number of nitrogens with one attached hydrogen (secondary N) is 1. The van der Waals surface area contributed by atoms with E-state index in [1.165, 1.54) is 0 Å². The van der Waals surface area contributed by atoms with Crippen LogP contribution >= 0.6 is 11.6 Å². The molecule has 2 aliphatic heterocycles. The summed E-state index contributed by atoms with van der Waals surface area (Å²) in [4.78, 5) is 29.5. The quantitative estimate of drug-likeness (QED) is 0.704. The highest BCUT2D eigenvalue weighted by Gasteiger charge is 2.37. The summed E-state index contributed by atoms with van der Waals surface area (Å²) in [6.45, 7) is 5.88. The van der Waals surface area contributed by atoms with Gasteiger partial charge in [-0.3, -0.25) is 9.59 Å². The number of nitrogens with zero attached hydrogens (tertiary/aromatic N) is 3. The van der Waals surface area contributed by atoms with Crippen molar-refractivity contribution in [2.45, 2.75) is 38.1 Å². The molecule has 0 unspecified atom stereocenters. The number of hydrogen-bond donors (Lipinski definition) is 1. The summed E-state index contributed by atoms with van der Waals surface area (Å²) in [5.41, 5.74) is 3.11. The summed E-state index contributed by atoms with van der Waals surface area (Å²) < 4.78 is 0. The molecule has 0 bridgehead atoms. The molecule has 7 heteroatoms. The van der Waals surface area contributed by atoms with Gasteiger partial charge in [-0.2, -0.15) is 5.26 Å². The zero-order valence-electron chi connectivity index (χ0n) is 18.4. The second-order valence-electron chi connectivity index (χ2n) is 8.84. The average molecular weight is 451 g/mol. The molecule has 1 fully saturated rings. The molecule has 2 aromatic carbocycles. The van der Waals surface area contributed by atoms with Crippen LogP contribution in [0.2, 0.25) is 5.02 Å². The molecule has 6 nitrogen and oxygen atoms in total. The van der Waals surface area contributed by atoms with Crippen LogP contribution in [0, 0.1) is 11.3 Å². The number of hydrogen-bond acceptors (Lipinski definition) is 4. The van der Waals surface area contributed by atoms with E-state index in [4.69, 9.17) is 11.6 Å². The van der Waals surface area contributed by atoms with Crippen LogP contribution in [0.5, 0.6) is 0 Å². The molecule has 0 aromatic heterocycles. The summed E-state index contributed by atoms with van der Waals surface area (Å²) in [6, 6.07) is 15.3. The first-order chi connectivity index (χ1) is 15.3. The van der Waals surface area contributed by atoms with Gasteiger partial charge in [0.15, 0.2) is 0 Å². The molecule has 1 N–H and O–H groups in total. The number of carbonyl (C=O) groups excluding carboxylic acids is 2. The molecular formula is C25H27ClN4O2. The summed E-state index contributed by atoms with van der Waals surface area (Å²) in [5, 5.41) is 12.9. The first-order valence-electron chi connectivity index (χ1n) is 11.0. The van der Waals surface area contributed by atoms with Crippen molar-refractivity contribution in [1.82, 2.24) is 10.2 Å². The topological polar surface area (TPSA) is 76.4 Å². The van der Waals surface area contributed by atoms with E-state index in [9.17, 15) is 14.9 Å². The lowest BCUT2D eigenvalue weighted by Gasteiger charge is -2.28. The molecule has 0 saturated carbocycles. The molecule has 166 valence electrons. The number of anilines is 1. The number of carbonyl (C=O) groups is 2. The van der Waals surface area contributed by atoms with Gasteiger partial charge in [0.25, 0.3) is 5.91 Å². The van der Waals surface area contributed by atoms with Crippen molar-refractivity contribution in [2.24, 2.45) is 0 Å². The summed E-state index contributed by atoms with van der Waals surface area (Å²) >= 11 is 6.25. The monoisotopic (exact) mass is 450 g/mol. The minimum atomic E-state index is -0.369. The van der Waals surface area contributed by atoms with Gasteiger partial charge in [0, 0.05) is 41.3 Å². The van der Waals surface area contributed by atoms with Gasteiger partial charge in [-0.25, -0.2) is 0 Å². The molecule has 2 amide bonds. The predicted octanol–water partition coefficient (Wildman–Crippen LogP) is 3.73. The maximum atomic E-state index is 13.6. The third-order valence-corrected chi connectivity index (χ3v) is 6.74. The number of amides is 2. The van der Waals surface area contributed by atoms with Gasteiger partial charge >= 0.3 is 0 Å². The normalized spacial score (nSPS) is 19.2. The lowest BCUT2D eigenvalue weighted by Crippen LogP contribution is -2.43. The minimum Gasteiger partial charge on any atom is -0.326 e. The van der Waals surface area contributed by atoms with E-state index in [0.29, 0.717) is 30.2 Å². The molecule has 1 saturated heterocycles. The van der Waals surface area contributed by atoms with E-state index >= 15 is 0 Å². The van der Waals surface area contributed by atoms with Gasteiger partial charge in [-0.1, -0.05) is 49.7 Å². The maximum absolute atomic E-state index is 13.6. The number of benzene rings is 2. The van der Waals surface area contributed by atoms with E-state index in [1.807, 2.05) is 30.3 Å². The number of halogens is 1. The number of rotatable bonds is 5. The summed E-state index contributed by atoms with van der Waals surface area (Å²) in [5.74, 6) is -0.173. The highest BCUT2D eigenvalue weighted by molar-refractivity contribution is 6.31. The van der Waals surface area contributed by atoms with Gasteiger partial charge in [-0.15, -0.1) is 0 Å². The Labute approximate surface area is 193 Å². The minimum absolute atomic E-state index is 0.0742. The standard InChI is InChI=1S/C25H27ClN4O2/c1-25(2)20-10-9-17(26)14-19(20)24(32)30(22-8-4-3-7-21(22)25)13-11-28-16-23(31)29-12-5-6-18(29)15-27/h3-4,7-10,14,18,28H,5-6,11-13,16H2,1-2H3/t18-/m0/s1. The van der Waals surface area contributed by atoms with Gasteiger partial charge in [0.2, 0.25) is 5.91 Å². The Balaban J connectivity index is 1.54. The predicted molar refractivity (Wildman–Crippen MR) is 125 cm³/mol. The van der Waals surface area contributed by atoms with Crippen LogP contribution in [0.25, 0.3) is 0 Å². The van der Waals surface area contributed by atoms with Crippen LogP contribution in [-0.2, 0) is 10.2 Å². The Hall–Kier alpha value is -2.88. The van der Waals surface area contributed by atoms with Crippen LogP contribution in [-0.4, -0.2) is 48.9 Å². The molecule has 1 atom stereocenters. The molecule has 4 rings (SSSR count). The van der Waals surface area contributed by atoms with Crippen molar-refractivity contribution in [3.05, 3.63) is 64.2 Å². The van der Waals surface area contributed by atoms with Crippen LogP contribution in [0.1, 0.15) is 48.2 Å². The largest absolute Gasteiger partial charge is 0.326 e. The van der Waals surface area contributed by atoms with Crippen molar-refractivity contribution in [1.29, 1.82) is 5.26 Å². The third-order valence-electron chi connectivity index (χ3n) is 6.51. The van der Waals surface area contributed by atoms with Crippen LogP contribution < -0.4 is 10.2 Å². The number of likely N-dealkylation sites (tertiary alicyclic amines) is 1. The lowest BCUT2D eigenvalue weighted by atomic mass is 9.76. The van der Waals surface area contributed by atoms with Crippen LogP contribution in [0.4, 0.5) is 5.69 Å².